The number of ether oxygens (including phenoxy) is 2. The van der Waals surface area contributed by atoms with Crippen molar-refractivity contribution in [3.63, 3.8) is 0 Å². The van der Waals surface area contributed by atoms with Gasteiger partial charge in [-0.15, -0.1) is 0 Å². The van der Waals surface area contributed by atoms with Gasteiger partial charge in [-0.3, -0.25) is 9.69 Å². The summed E-state index contributed by atoms with van der Waals surface area (Å²) in [5.74, 6) is 0.992. The normalized spacial score (nSPS) is 16.1. The molecule has 0 amide bonds. The number of hydrogen-bond donors (Lipinski definition) is 1. The molecule has 1 aliphatic heterocycles. The smallest absolute Gasteiger partial charge is 0.309 e. The van der Waals surface area contributed by atoms with E-state index in [-0.39, 0.29) is 11.9 Å². The number of methoxy groups -OCH3 is 1. The maximum atomic E-state index is 11.9. The van der Waals surface area contributed by atoms with E-state index in [0.717, 1.165) is 48.0 Å². The number of rotatable bonds is 5. The van der Waals surface area contributed by atoms with E-state index in [0.29, 0.717) is 18.9 Å². The molecule has 134 valence electrons. The lowest BCUT2D eigenvalue weighted by molar-refractivity contribution is -0.149. The Morgan fingerprint density at radius 1 is 1.24 bits per heavy atom. The summed E-state index contributed by atoms with van der Waals surface area (Å²) in [6, 6.07) is 9.56. The first-order valence-corrected chi connectivity index (χ1v) is 8.80. The van der Waals surface area contributed by atoms with Crippen molar-refractivity contribution in [3.8, 4) is 11.5 Å². The van der Waals surface area contributed by atoms with E-state index in [4.69, 9.17) is 9.47 Å². The van der Waals surface area contributed by atoms with Gasteiger partial charge in [0.05, 0.1) is 19.6 Å². The molecule has 5 nitrogen and oxygen atoms in total. The molecule has 0 spiro atoms. The van der Waals surface area contributed by atoms with Gasteiger partial charge in [0, 0.05) is 12.1 Å². The van der Waals surface area contributed by atoms with Crippen LogP contribution in [0.5, 0.6) is 11.5 Å². The van der Waals surface area contributed by atoms with Crippen LogP contribution in [-0.2, 0) is 16.1 Å². The van der Waals surface area contributed by atoms with Gasteiger partial charge in [-0.1, -0.05) is 12.1 Å². The summed E-state index contributed by atoms with van der Waals surface area (Å²) >= 11 is 0. The molecule has 25 heavy (non-hydrogen) atoms. The fourth-order valence-electron chi connectivity index (χ4n) is 3.45. The van der Waals surface area contributed by atoms with E-state index in [1.165, 1.54) is 0 Å². The van der Waals surface area contributed by atoms with E-state index in [9.17, 15) is 9.90 Å². The number of carbonyl (C=O) groups is 1. The van der Waals surface area contributed by atoms with Crippen molar-refractivity contribution >= 4 is 16.7 Å². The van der Waals surface area contributed by atoms with Crippen molar-refractivity contribution in [1.29, 1.82) is 0 Å². The molecule has 1 saturated heterocycles. The van der Waals surface area contributed by atoms with Gasteiger partial charge in [0.15, 0.2) is 0 Å². The number of phenols is 1. The highest BCUT2D eigenvalue weighted by Crippen LogP contribution is 2.32. The largest absolute Gasteiger partial charge is 0.508 e. The Morgan fingerprint density at radius 2 is 1.96 bits per heavy atom. The third kappa shape index (κ3) is 3.87. The minimum Gasteiger partial charge on any atom is -0.508 e. The summed E-state index contributed by atoms with van der Waals surface area (Å²) in [5.41, 5.74) is 0.908. The fraction of sp³-hybridized carbons (Fsp3) is 0.450. The Labute approximate surface area is 148 Å². The quantitative estimate of drug-likeness (QED) is 0.844. The van der Waals surface area contributed by atoms with E-state index < -0.39 is 0 Å². The molecule has 2 aromatic rings. The van der Waals surface area contributed by atoms with Gasteiger partial charge in [0.1, 0.15) is 11.5 Å². The van der Waals surface area contributed by atoms with Crippen LogP contribution < -0.4 is 4.74 Å². The second-order valence-electron chi connectivity index (χ2n) is 6.45. The van der Waals surface area contributed by atoms with Crippen LogP contribution in [-0.4, -0.2) is 42.8 Å². The van der Waals surface area contributed by atoms with Gasteiger partial charge in [0.25, 0.3) is 0 Å². The number of aromatic hydroxyl groups is 1. The zero-order valence-electron chi connectivity index (χ0n) is 14.8. The molecule has 1 aliphatic rings. The highest BCUT2D eigenvalue weighted by Gasteiger charge is 2.26. The summed E-state index contributed by atoms with van der Waals surface area (Å²) in [6.45, 7) is 4.58. The topological polar surface area (TPSA) is 59.0 Å². The molecule has 1 N–H and O–H groups in total. The number of likely N-dealkylation sites (tertiary alicyclic amines) is 1. The number of benzene rings is 2. The lowest BCUT2D eigenvalue weighted by Crippen LogP contribution is -2.36. The van der Waals surface area contributed by atoms with Gasteiger partial charge >= 0.3 is 5.97 Å². The number of phenolic OH excluding ortho intramolecular Hbond substituents is 1. The van der Waals surface area contributed by atoms with Crippen LogP contribution in [0.15, 0.2) is 30.3 Å². The summed E-state index contributed by atoms with van der Waals surface area (Å²) in [4.78, 5) is 14.1. The Bertz CT molecular complexity index is 751. The van der Waals surface area contributed by atoms with Crippen molar-refractivity contribution in [2.24, 2.45) is 5.92 Å². The molecule has 3 rings (SSSR count). The SMILES string of the molecule is CCOC(=O)C1CCN(Cc2c(O)ccc3ccc(OC)cc23)CC1. The number of fused-ring (bicyclic) bond motifs is 1. The number of nitrogens with zero attached hydrogens (tertiary/aromatic N) is 1. The molecule has 0 aromatic heterocycles. The second-order valence-corrected chi connectivity index (χ2v) is 6.45. The number of carbonyl (C=O) groups excluding carboxylic acids is 1. The molecular formula is C20H25NO4. The molecule has 0 aliphatic carbocycles. The highest BCUT2D eigenvalue weighted by molar-refractivity contribution is 5.89. The maximum Gasteiger partial charge on any atom is 0.309 e. The molecule has 5 heteroatoms. The van der Waals surface area contributed by atoms with Crippen LogP contribution in [0.25, 0.3) is 10.8 Å². The predicted molar refractivity (Wildman–Crippen MR) is 96.8 cm³/mol. The first kappa shape index (κ1) is 17.5. The van der Waals surface area contributed by atoms with Crippen molar-refractivity contribution < 1.29 is 19.4 Å². The zero-order valence-corrected chi connectivity index (χ0v) is 14.8. The minimum atomic E-state index is -0.0834. The Kier molecular flexibility index (Phi) is 5.43. The standard InChI is InChI=1S/C20H25NO4/c1-3-25-20(23)15-8-10-21(11-9-15)13-18-17-12-16(24-2)6-4-14(17)5-7-19(18)22/h4-7,12,15,22H,3,8-11,13H2,1-2H3. The van der Waals surface area contributed by atoms with Crippen molar-refractivity contribution in [3.05, 3.63) is 35.9 Å². The monoisotopic (exact) mass is 343 g/mol. The summed E-state index contributed by atoms with van der Waals surface area (Å²) in [6.07, 6.45) is 1.60. The van der Waals surface area contributed by atoms with Crippen molar-refractivity contribution in [2.45, 2.75) is 26.3 Å². The van der Waals surface area contributed by atoms with E-state index in [1.54, 1.807) is 13.2 Å². The molecule has 1 fully saturated rings. The predicted octanol–water partition coefficient (Wildman–Crippen LogP) is 3.33. The van der Waals surface area contributed by atoms with Crippen LogP contribution in [0, 0.1) is 5.92 Å². The molecule has 1 heterocycles. The van der Waals surface area contributed by atoms with Crippen molar-refractivity contribution in [1.82, 2.24) is 4.90 Å². The molecule has 0 bridgehead atoms. The third-order valence-corrected chi connectivity index (χ3v) is 4.90. The summed E-state index contributed by atoms with van der Waals surface area (Å²) < 4.78 is 10.4. The number of hydrogen-bond acceptors (Lipinski definition) is 5. The lowest BCUT2D eigenvalue weighted by atomic mass is 9.96. The zero-order chi connectivity index (χ0) is 17.8. The van der Waals surface area contributed by atoms with Crippen LogP contribution in [0.3, 0.4) is 0 Å². The minimum absolute atomic E-state index is 0.00240. The van der Waals surface area contributed by atoms with Crippen LogP contribution in [0.2, 0.25) is 0 Å². The first-order valence-electron chi connectivity index (χ1n) is 8.80. The molecule has 2 aromatic carbocycles. The van der Waals surface area contributed by atoms with Crippen LogP contribution in [0.1, 0.15) is 25.3 Å². The van der Waals surface area contributed by atoms with Gasteiger partial charge in [-0.2, -0.15) is 0 Å². The van der Waals surface area contributed by atoms with E-state index in [1.807, 2.05) is 31.2 Å². The molecule has 0 radical (unpaired) electrons. The average Bonchev–Trinajstić information content (AvgIpc) is 2.64. The van der Waals surface area contributed by atoms with E-state index >= 15 is 0 Å². The summed E-state index contributed by atoms with van der Waals surface area (Å²) in [7, 11) is 1.64. The van der Waals surface area contributed by atoms with Gasteiger partial charge in [0.2, 0.25) is 0 Å². The number of esters is 1. The second kappa shape index (κ2) is 7.74. The molecular weight excluding hydrogens is 318 g/mol. The fourth-order valence-corrected chi connectivity index (χ4v) is 3.45. The third-order valence-electron chi connectivity index (χ3n) is 4.90. The van der Waals surface area contributed by atoms with Crippen molar-refractivity contribution in [2.75, 3.05) is 26.8 Å². The molecule has 0 atom stereocenters. The molecule has 0 saturated carbocycles. The Balaban J connectivity index is 1.75. The number of piperidine rings is 1. The Morgan fingerprint density at radius 3 is 2.64 bits per heavy atom. The maximum absolute atomic E-state index is 11.9. The lowest BCUT2D eigenvalue weighted by Gasteiger charge is -2.31. The highest BCUT2D eigenvalue weighted by atomic mass is 16.5. The van der Waals surface area contributed by atoms with Gasteiger partial charge in [-0.05, 0) is 61.8 Å². The molecule has 0 unspecified atom stereocenters. The van der Waals surface area contributed by atoms with Gasteiger partial charge < -0.3 is 14.6 Å². The van der Waals surface area contributed by atoms with Gasteiger partial charge in [-0.25, -0.2) is 0 Å². The van der Waals surface area contributed by atoms with Crippen LogP contribution in [0.4, 0.5) is 0 Å². The Hall–Kier alpha value is -2.27. The van der Waals surface area contributed by atoms with Crippen LogP contribution >= 0.6 is 0 Å². The first-order chi connectivity index (χ1) is 12.1. The summed E-state index contributed by atoms with van der Waals surface area (Å²) in [5, 5.41) is 12.5. The van der Waals surface area contributed by atoms with E-state index in [2.05, 4.69) is 4.90 Å². The average molecular weight is 343 g/mol.